The topological polar surface area (TPSA) is 26.0 Å². The summed E-state index contributed by atoms with van der Waals surface area (Å²) in [6, 6.07) is 2.23. The zero-order valence-corrected chi connectivity index (χ0v) is 21.6. The Kier molecular flexibility index (Phi) is 17.8. The molecule has 0 bridgehead atoms. The molecule has 0 aliphatic heterocycles. The van der Waals surface area contributed by atoms with Crippen LogP contribution in [-0.4, -0.2) is 0 Å². The van der Waals surface area contributed by atoms with Crippen LogP contribution in [0.1, 0.15) is 124 Å². The van der Waals surface area contributed by atoms with Gasteiger partial charge in [0.2, 0.25) is 0 Å². The molecule has 0 aliphatic carbocycles. The molecule has 0 heterocycles. The van der Waals surface area contributed by atoms with Gasteiger partial charge in [-0.2, -0.15) is 0 Å². The van der Waals surface area contributed by atoms with Gasteiger partial charge in [0.15, 0.2) is 0 Å². The highest BCUT2D eigenvalue weighted by molar-refractivity contribution is 5.71. The lowest BCUT2D eigenvalue weighted by molar-refractivity contribution is 0.659. The van der Waals surface area contributed by atoms with Crippen molar-refractivity contribution in [1.29, 1.82) is 0 Å². The van der Waals surface area contributed by atoms with E-state index < -0.39 is 0 Å². The lowest BCUT2D eigenvalue weighted by Crippen LogP contribution is -2.07. The van der Waals surface area contributed by atoms with Gasteiger partial charge in [0.1, 0.15) is 0 Å². The largest absolute Gasteiger partial charge is 0.398 e. The number of nitrogens with two attached hydrogens (primary N) is 1. The van der Waals surface area contributed by atoms with Crippen LogP contribution < -0.4 is 5.73 Å². The second kappa shape index (κ2) is 17.4. The number of anilines is 1. The van der Waals surface area contributed by atoms with Gasteiger partial charge >= 0.3 is 0 Å². The molecule has 1 rings (SSSR count). The molecule has 168 valence electrons. The Bertz CT molecular complexity index is 601. The van der Waals surface area contributed by atoms with Crippen molar-refractivity contribution in [2.75, 3.05) is 5.73 Å². The number of aryl methyl sites for hydroxylation is 1. The summed E-state index contributed by atoms with van der Waals surface area (Å²) >= 11 is 0. The summed E-state index contributed by atoms with van der Waals surface area (Å²) in [6.45, 7) is 23.7. The first kappa shape index (κ1) is 29.7. The highest BCUT2D eigenvalue weighted by Gasteiger charge is 2.16. The van der Waals surface area contributed by atoms with E-state index >= 15 is 0 Å². The van der Waals surface area contributed by atoms with Gasteiger partial charge in [0.25, 0.3) is 0 Å². The minimum absolute atomic E-state index is 0.541. The van der Waals surface area contributed by atoms with Crippen molar-refractivity contribution < 1.29 is 0 Å². The van der Waals surface area contributed by atoms with Crippen molar-refractivity contribution in [3.05, 3.63) is 46.0 Å². The zero-order valence-electron chi connectivity index (χ0n) is 21.6. The van der Waals surface area contributed by atoms with Crippen molar-refractivity contribution in [3.63, 3.8) is 0 Å². The van der Waals surface area contributed by atoms with Gasteiger partial charge in [0.05, 0.1) is 0 Å². The summed E-state index contributed by atoms with van der Waals surface area (Å²) in [5.74, 6) is 1.11. The van der Waals surface area contributed by atoms with Crippen molar-refractivity contribution in [2.24, 2.45) is 5.92 Å². The number of hydrogen-bond donors (Lipinski definition) is 1. The van der Waals surface area contributed by atoms with E-state index in [1.54, 1.807) is 0 Å². The first-order chi connectivity index (χ1) is 13.8. The fourth-order valence-corrected chi connectivity index (χ4v) is 3.62. The Morgan fingerprint density at radius 3 is 2.07 bits per heavy atom. The second-order valence-corrected chi connectivity index (χ2v) is 7.88. The molecule has 0 fully saturated rings. The normalized spacial score (nSPS) is 11.4. The van der Waals surface area contributed by atoms with Crippen molar-refractivity contribution in [2.45, 2.75) is 114 Å². The maximum atomic E-state index is 6.46. The molecule has 0 aromatic heterocycles. The van der Waals surface area contributed by atoms with Gasteiger partial charge in [-0.25, -0.2) is 0 Å². The quantitative estimate of drug-likeness (QED) is 0.323. The zero-order chi connectivity index (χ0) is 23.0. The SMILES string of the molecule is CC.CC.CCCc1cc(N)c(/C=C\C(C)CCC=C(C)C)c(CC)c1C(C)C. The lowest BCUT2D eigenvalue weighted by atomic mass is 9.84. The van der Waals surface area contributed by atoms with Crippen LogP contribution in [-0.2, 0) is 12.8 Å². The Hall–Kier alpha value is -1.50. The predicted octanol–water partition coefficient (Wildman–Crippen LogP) is 9.36. The number of rotatable bonds is 9. The summed E-state index contributed by atoms with van der Waals surface area (Å²) in [4.78, 5) is 0. The molecule has 2 N–H and O–H groups in total. The lowest BCUT2D eigenvalue weighted by Gasteiger charge is -2.21. The van der Waals surface area contributed by atoms with Gasteiger partial charge in [-0.3, -0.25) is 0 Å². The van der Waals surface area contributed by atoms with Gasteiger partial charge in [-0.05, 0) is 74.1 Å². The Balaban J connectivity index is 0. The molecule has 0 aliphatic rings. The molecular weight excluding hydrogens is 350 g/mol. The van der Waals surface area contributed by atoms with E-state index in [0.717, 1.165) is 24.9 Å². The minimum atomic E-state index is 0.541. The molecule has 1 unspecified atom stereocenters. The Morgan fingerprint density at radius 2 is 1.62 bits per heavy atom. The van der Waals surface area contributed by atoms with Gasteiger partial charge < -0.3 is 5.73 Å². The summed E-state index contributed by atoms with van der Waals surface area (Å²) in [6.07, 6.45) is 12.6. The minimum Gasteiger partial charge on any atom is -0.398 e. The van der Waals surface area contributed by atoms with Crippen molar-refractivity contribution in [3.8, 4) is 0 Å². The van der Waals surface area contributed by atoms with Gasteiger partial charge in [-0.1, -0.05) is 92.5 Å². The molecule has 29 heavy (non-hydrogen) atoms. The number of hydrogen-bond acceptors (Lipinski definition) is 1. The second-order valence-electron chi connectivity index (χ2n) is 7.88. The Labute approximate surface area is 183 Å². The van der Waals surface area contributed by atoms with Crippen molar-refractivity contribution >= 4 is 11.8 Å². The van der Waals surface area contributed by atoms with Crippen molar-refractivity contribution in [1.82, 2.24) is 0 Å². The fraction of sp³-hybridized carbons (Fsp3) is 0.643. The van der Waals surface area contributed by atoms with Crippen LogP contribution in [0, 0.1) is 5.92 Å². The fourth-order valence-electron chi connectivity index (χ4n) is 3.62. The molecule has 0 saturated heterocycles. The first-order valence-corrected chi connectivity index (χ1v) is 12.1. The van der Waals surface area contributed by atoms with Crippen LogP contribution >= 0.6 is 0 Å². The van der Waals surface area contributed by atoms with Crippen LogP contribution in [0.15, 0.2) is 23.8 Å². The first-order valence-electron chi connectivity index (χ1n) is 12.1. The van der Waals surface area contributed by atoms with E-state index in [9.17, 15) is 0 Å². The van der Waals surface area contributed by atoms with Gasteiger partial charge in [0, 0.05) is 11.3 Å². The summed E-state index contributed by atoms with van der Waals surface area (Å²) < 4.78 is 0. The maximum absolute atomic E-state index is 6.46. The molecule has 1 atom stereocenters. The van der Waals surface area contributed by atoms with E-state index in [0.29, 0.717) is 11.8 Å². The van der Waals surface area contributed by atoms with E-state index in [1.165, 1.54) is 40.7 Å². The molecule has 1 nitrogen and oxygen atoms in total. The molecule has 0 spiro atoms. The summed E-state index contributed by atoms with van der Waals surface area (Å²) in [5.41, 5.74) is 14.5. The van der Waals surface area contributed by atoms with Crippen LogP contribution in [0.2, 0.25) is 0 Å². The highest BCUT2D eigenvalue weighted by atomic mass is 14.6. The van der Waals surface area contributed by atoms with Crippen LogP contribution in [0.25, 0.3) is 6.08 Å². The van der Waals surface area contributed by atoms with E-state index in [4.69, 9.17) is 5.73 Å². The smallest absolute Gasteiger partial charge is 0.0393 e. The van der Waals surface area contributed by atoms with E-state index in [-0.39, 0.29) is 0 Å². The number of nitrogen functional groups attached to an aromatic ring is 1. The average Bonchev–Trinajstić information content (AvgIpc) is 2.69. The standard InChI is InChI=1S/C24H39N.2C2H6/c1-8-11-20-16-23(25)22(21(9-2)24(20)18(5)6)15-14-19(7)13-10-12-17(3)4;2*1-2/h12,14-16,18-19H,8-11,13,25H2,1-7H3;2*1-2H3/b15-14-;;. The molecule has 0 saturated carbocycles. The van der Waals surface area contributed by atoms with Crippen LogP contribution in [0.3, 0.4) is 0 Å². The molecule has 0 radical (unpaired) electrons. The molecule has 1 aromatic carbocycles. The van der Waals surface area contributed by atoms with Gasteiger partial charge in [-0.15, -0.1) is 0 Å². The van der Waals surface area contributed by atoms with E-state index in [1.807, 2.05) is 27.7 Å². The van der Waals surface area contributed by atoms with Crippen LogP contribution in [0.5, 0.6) is 0 Å². The highest BCUT2D eigenvalue weighted by Crippen LogP contribution is 2.33. The molecule has 0 amide bonds. The maximum Gasteiger partial charge on any atom is 0.0393 e. The molecule has 1 aromatic rings. The Morgan fingerprint density at radius 1 is 1.03 bits per heavy atom. The predicted molar refractivity (Wildman–Crippen MR) is 138 cm³/mol. The summed E-state index contributed by atoms with van der Waals surface area (Å²) in [7, 11) is 0. The average molecular weight is 402 g/mol. The monoisotopic (exact) mass is 401 g/mol. The summed E-state index contributed by atoms with van der Waals surface area (Å²) in [5, 5.41) is 0. The molecule has 1 heteroatoms. The number of allylic oxidation sites excluding steroid dienone is 3. The third-order valence-corrected chi connectivity index (χ3v) is 4.85. The van der Waals surface area contributed by atoms with E-state index in [2.05, 4.69) is 72.8 Å². The third-order valence-electron chi connectivity index (χ3n) is 4.85. The van der Waals surface area contributed by atoms with Crippen LogP contribution in [0.4, 0.5) is 5.69 Å². The molecular formula is C28H51N. The number of benzene rings is 1. The third kappa shape index (κ3) is 10.7.